The van der Waals surface area contributed by atoms with E-state index < -0.39 is 40.2 Å². The van der Waals surface area contributed by atoms with Crippen LogP contribution in [0.3, 0.4) is 0 Å². The Balaban J connectivity index is 1.02. The van der Waals surface area contributed by atoms with Gasteiger partial charge in [-0.1, -0.05) is 11.6 Å². The van der Waals surface area contributed by atoms with E-state index in [9.17, 15) is 32.3 Å². The van der Waals surface area contributed by atoms with Crippen LogP contribution in [0, 0.1) is 17.2 Å². The number of hydrogen-bond donors (Lipinski definition) is 2. The first-order chi connectivity index (χ1) is 29.4. The first-order valence-electron chi connectivity index (χ1n) is 19.4. The minimum atomic E-state index is -4.80. The molecular formula is C41H43ClF3N9O7S. The van der Waals surface area contributed by atoms with E-state index in [4.69, 9.17) is 43.3 Å². The van der Waals surface area contributed by atoms with Crippen molar-refractivity contribution in [2.45, 2.75) is 51.2 Å². The van der Waals surface area contributed by atoms with E-state index in [0.717, 1.165) is 17.0 Å². The lowest BCUT2D eigenvalue weighted by Crippen LogP contribution is -2.44. The number of carbonyl (C=O) groups is 3. The molecule has 0 spiro atoms. The minimum Gasteiger partial charge on any atom is -0.494 e. The van der Waals surface area contributed by atoms with Gasteiger partial charge in [0, 0.05) is 50.9 Å². The number of halogens is 4. The third-order valence-corrected chi connectivity index (χ3v) is 11.4. The maximum absolute atomic E-state index is 13.7. The van der Waals surface area contributed by atoms with Crippen LogP contribution in [-0.2, 0) is 32.3 Å². The normalized spacial score (nSPS) is 15.5. The second-order valence-corrected chi connectivity index (χ2v) is 15.8. The Hall–Kier alpha value is -6.20. The molecule has 62 heavy (non-hydrogen) atoms. The van der Waals surface area contributed by atoms with E-state index in [2.05, 4.69) is 20.6 Å². The zero-order valence-corrected chi connectivity index (χ0v) is 36.0. The third kappa shape index (κ3) is 9.33. The lowest BCUT2D eigenvalue weighted by molar-refractivity contribution is -0.149. The van der Waals surface area contributed by atoms with E-state index in [-0.39, 0.29) is 53.2 Å². The fourth-order valence-electron chi connectivity index (χ4n) is 7.27. The van der Waals surface area contributed by atoms with Gasteiger partial charge in [0.2, 0.25) is 5.95 Å². The number of carbonyl (C=O) groups excluding carboxylic acids is 3. The van der Waals surface area contributed by atoms with E-state index in [0.29, 0.717) is 72.9 Å². The molecule has 4 heterocycles. The third-order valence-electron chi connectivity index (χ3n) is 10.7. The van der Waals surface area contributed by atoms with Gasteiger partial charge in [0.25, 0.3) is 17.4 Å². The number of pyridine rings is 1. The Morgan fingerprint density at radius 3 is 2.48 bits per heavy atom. The number of nitriles is 1. The number of methoxy groups -OCH3 is 1. The predicted molar refractivity (Wildman–Crippen MR) is 228 cm³/mol. The number of alkyl halides is 3. The summed E-state index contributed by atoms with van der Waals surface area (Å²) in [6.07, 6.45) is -1.44. The van der Waals surface area contributed by atoms with Crippen molar-refractivity contribution >= 4 is 80.8 Å². The van der Waals surface area contributed by atoms with Crippen LogP contribution >= 0.6 is 23.8 Å². The van der Waals surface area contributed by atoms with Gasteiger partial charge in [0.15, 0.2) is 23.3 Å². The first-order valence-corrected chi connectivity index (χ1v) is 20.2. The standard InChI is InChI=1S/C41H43ClF3N9O7S/c1-40(2)37(58)54(27-9-8-24(20-46)28(19-27)41(43,44)45)39(62)53(40)12-6-7-15-60-36(57)23-10-13-52(14-11-23)38-48-21-29(42)34(50-38)49-26-16-25-17-31(61-22-32(55)47-3)35(56)51(4)33(25)30(18-26)59-5/h8-9,16-19,21,23H,6-7,10-15,22H2,1-5H3,(H,47,55)(H,48,49,50). The number of aryl methyl sites for hydroxylation is 1. The smallest absolute Gasteiger partial charge is 0.417 e. The molecule has 2 aliphatic rings. The molecule has 2 fully saturated rings. The summed E-state index contributed by atoms with van der Waals surface area (Å²) in [5, 5.41) is 15.7. The van der Waals surface area contributed by atoms with E-state index >= 15 is 0 Å². The van der Waals surface area contributed by atoms with Crippen molar-refractivity contribution in [3.8, 4) is 17.6 Å². The Bertz CT molecular complexity index is 2520. The summed E-state index contributed by atoms with van der Waals surface area (Å²) >= 11 is 12.1. The van der Waals surface area contributed by atoms with Crippen LogP contribution in [0.1, 0.15) is 50.7 Å². The van der Waals surface area contributed by atoms with Crippen molar-refractivity contribution in [1.29, 1.82) is 5.26 Å². The highest BCUT2D eigenvalue weighted by Gasteiger charge is 2.49. The maximum Gasteiger partial charge on any atom is 0.417 e. The number of anilines is 4. The molecule has 2 N–H and O–H groups in total. The topological polar surface area (TPSA) is 184 Å². The van der Waals surface area contributed by atoms with Crippen LogP contribution < -0.4 is 35.5 Å². The molecule has 0 atom stereocenters. The van der Waals surface area contributed by atoms with Crippen LogP contribution in [-0.4, -0.2) is 94.9 Å². The number of rotatable bonds is 14. The van der Waals surface area contributed by atoms with E-state index in [1.807, 2.05) is 4.90 Å². The van der Waals surface area contributed by atoms with Gasteiger partial charge in [0.05, 0.1) is 54.2 Å². The largest absolute Gasteiger partial charge is 0.494 e. The summed E-state index contributed by atoms with van der Waals surface area (Å²) in [5.74, 6) is -0.523. The first kappa shape index (κ1) is 45.3. The summed E-state index contributed by atoms with van der Waals surface area (Å²) in [6.45, 7) is 4.27. The van der Waals surface area contributed by atoms with Crippen molar-refractivity contribution in [2.24, 2.45) is 13.0 Å². The summed E-state index contributed by atoms with van der Waals surface area (Å²) < 4.78 is 59.1. The second kappa shape index (κ2) is 18.4. The zero-order chi connectivity index (χ0) is 45.1. The number of unbranched alkanes of at least 4 members (excludes halogenated alkanes) is 1. The van der Waals surface area contributed by atoms with Gasteiger partial charge in [-0.3, -0.25) is 24.1 Å². The van der Waals surface area contributed by atoms with Gasteiger partial charge in [-0.25, -0.2) is 4.98 Å². The highest BCUT2D eigenvalue weighted by Crippen LogP contribution is 2.38. The summed E-state index contributed by atoms with van der Waals surface area (Å²) in [5.41, 5.74) is -2.36. The number of fused-ring (bicyclic) bond motifs is 1. The van der Waals surface area contributed by atoms with Crippen molar-refractivity contribution < 1.29 is 41.8 Å². The minimum absolute atomic E-state index is 0.0182. The molecule has 2 amide bonds. The number of ether oxygens (including phenoxy) is 3. The maximum atomic E-state index is 13.7. The number of amides is 2. The van der Waals surface area contributed by atoms with E-state index in [1.165, 1.54) is 43.1 Å². The van der Waals surface area contributed by atoms with Gasteiger partial charge in [-0.05, 0) is 82.1 Å². The molecule has 0 unspecified atom stereocenters. The van der Waals surface area contributed by atoms with Crippen LogP contribution in [0.2, 0.25) is 5.02 Å². The number of hydrogen-bond acceptors (Lipinski definition) is 13. The molecule has 16 nitrogen and oxygen atoms in total. The van der Waals surface area contributed by atoms with Crippen LogP contribution in [0.4, 0.5) is 36.3 Å². The van der Waals surface area contributed by atoms with Crippen molar-refractivity contribution in [2.75, 3.05) is 62.1 Å². The van der Waals surface area contributed by atoms with Gasteiger partial charge < -0.3 is 39.2 Å². The lowest BCUT2D eigenvalue weighted by atomic mass is 9.97. The average Bonchev–Trinajstić information content (AvgIpc) is 3.42. The number of thiocarbonyl (C=S) groups is 1. The van der Waals surface area contributed by atoms with Crippen LogP contribution in [0.15, 0.2) is 47.4 Å². The molecular weight excluding hydrogens is 855 g/mol. The Kier molecular flexibility index (Phi) is 13.5. The Morgan fingerprint density at radius 1 is 1.10 bits per heavy atom. The number of esters is 1. The molecule has 2 aromatic carbocycles. The molecule has 0 radical (unpaired) electrons. The predicted octanol–water partition coefficient (Wildman–Crippen LogP) is 5.70. The number of nitrogens with one attached hydrogen (secondary N) is 2. The second-order valence-electron chi connectivity index (χ2n) is 15.1. The molecule has 328 valence electrons. The fraction of sp³-hybridized carbons (Fsp3) is 0.415. The molecule has 2 aromatic heterocycles. The van der Waals surface area contributed by atoms with Gasteiger partial charge in [0.1, 0.15) is 16.3 Å². The summed E-state index contributed by atoms with van der Waals surface area (Å²) in [7, 11) is 4.51. The molecule has 0 bridgehead atoms. The Labute approximate surface area is 364 Å². The quantitative estimate of drug-likeness (QED) is 0.0893. The summed E-state index contributed by atoms with van der Waals surface area (Å²) in [6, 6.07) is 9.56. The van der Waals surface area contributed by atoms with Crippen LogP contribution in [0.5, 0.6) is 11.5 Å². The van der Waals surface area contributed by atoms with Gasteiger partial charge in [-0.2, -0.15) is 23.4 Å². The fourth-order valence-corrected chi connectivity index (χ4v) is 7.92. The van der Waals surface area contributed by atoms with Crippen molar-refractivity contribution in [3.63, 3.8) is 0 Å². The van der Waals surface area contributed by atoms with Gasteiger partial charge >= 0.3 is 12.1 Å². The molecule has 2 aliphatic heterocycles. The number of benzene rings is 2. The number of aromatic nitrogens is 3. The number of nitrogens with zero attached hydrogens (tertiary/aromatic N) is 7. The van der Waals surface area contributed by atoms with E-state index in [1.54, 1.807) is 37.9 Å². The van der Waals surface area contributed by atoms with Gasteiger partial charge in [-0.15, -0.1) is 0 Å². The highest BCUT2D eigenvalue weighted by atomic mass is 35.5. The highest BCUT2D eigenvalue weighted by molar-refractivity contribution is 7.80. The Morgan fingerprint density at radius 2 is 1.82 bits per heavy atom. The van der Waals surface area contributed by atoms with Crippen molar-refractivity contribution in [1.82, 2.24) is 24.8 Å². The molecule has 21 heteroatoms. The monoisotopic (exact) mass is 897 g/mol. The van der Waals surface area contributed by atoms with Crippen LogP contribution in [0.25, 0.3) is 10.9 Å². The summed E-state index contributed by atoms with van der Waals surface area (Å²) in [4.78, 5) is 64.9. The van der Waals surface area contributed by atoms with Crippen molar-refractivity contribution in [3.05, 3.63) is 69.1 Å². The molecule has 2 saturated heterocycles. The number of likely N-dealkylation sites (N-methyl/N-ethyl adjacent to an activating group) is 1. The molecule has 6 rings (SSSR count). The average molecular weight is 898 g/mol. The molecule has 0 saturated carbocycles. The molecule has 0 aliphatic carbocycles. The lowest BCUT2D eigenvalue weighted by Gasteiger charge is -2.31. The zero-order valence-electron chi connectivity index (χ0n) is 34.4. The molecule has 4 aromatic rings. The SMILES string of the molecule is CNC(=O)COc1cc2cc(Nc3nc(N4CCC(C(=O)OCCCCN5C(=S)N(c6ccc(C#N)c(C(F)(F)F)c6)C(=O)C5(C)C)CC4)ncc3Cl)cc(OC)c2n(C)c1=O. The number of piperidine rings is 1.